The number of benzene rings is 2. The van der Waals surface area contributed by atoms with Gasteiger partial charge in [-0.25, -0.2) is 0 Å². The number of aliphatic hydroxyl groups is 1. The third-order valence-corrected chi connectivity index (χ3v) is 4.29. The molecule has 25 heavy (non-hydrogen) atoms. The SMILES string of the molecule is COc1ccc([C@@H](O)CNC(=O)[C@H](C)N(C)Cc2ccccc2)cc1. The highest BCUT2D eigenvalue weighted by atomic mass is 16.5. The predicted octanol–water partition coefficient (Wildman–Crippen LogP) is 2.37. The number of hydrogen-bond acceptors (Lipinski definition) is 4. The van der Waals surface area contributed by atoms with Crippen molar-refractivity contribution in [3.63, 3.8) is 0 Å². The lowest BCUT2D eigenvalue weighted by atomic mass is 10.1. The zero-order valence-corrected chi connectivity index (χ0v) is 15.0. The minimum atomic E-state index is -0.749. The van der Waals surface area contributed by atoms with Crippen LogP contribution < -0.4 is 10.1 Å². The minimum absolute atomic E-state index is 0.106. The monoisotopic (exact) mass is 342 g/mol. The quantitative estimate of drug-likeness (QED) is 0.773. The molecule has 0 saturated heterocycles. The Morgan fingerprint density at radius 3 is 2.40 bits per heavy atom. The van der Waals surface area contributed by atoms with E-state index in [4.69, 9.17) is 4.74 Å². The van der Waals surface area contributed by atoms with Crippen LogP contribution in [0.25, 0.3) is 0 Å². The average molecular weight is 342 g/mol. The first-order valence-corrected chi connectivity index (χ1v) is 8.35. The molecule has 0 aliphatic rings. The molecule has 0 radical (unpaired) electrons. The van der Waals surface area contributed by atoms with E-state index in [1.807, 2.05) is 49.2 Å². The van der Waals surface area contributed by atoms with Gasteiger partial charge in [0.15, 0.2) is 0 Å². The summed E-state index contributed by atoms with van der Waals surface area (Å²) >= 11 is 0. The van der Waals surface area contributed by atoms with E-state index in [1.165, 1.54) is 0 Å². The van der Waals surface area contributed by atoms with Crippen molar-refractivity contribution in [2.24, 2.45) is 0 Å². The smallest absolute Gasteiger partial charge is 0.237 e. The van der Waals surface area contributed by atoms with Crippen LogP contribution in [0.15, 0.2) is 54.6 Å². The van der Waals surface area contributed by atoms with Crippen molar-refractivity contribution in [3.8, 4) is 5.75 Å². The summed E-state index contributed by atoms with van der Waals surface area (Å²) in [5.74, 6) is 0.627. The number of nitrogens with one attached hydrogen (secondary N) is 1. The van der Waals surface area contributed by atoms with Crippen LogP contribution in [0.3, 0.4) is 0 Å². The van der Waals surface area contributed by atoms with E-state index in [2.05, 4.69) is 5.32 Å². The Labute approximate surface area is 149 Å². The second kappa shape index (κ2) is 9.20. The van der Waals surface area contributed by atoms with Gasteiger partial charge in [-0.3, -0.25) is 9.69 Å². The maximum Gasteiger partial charge on any atom is 0.237 e. The highest BCUT2D eigenvalue weighted by molar-refractivity contribution is 5.81. The van der Waals surface area contributed by atoms with Gasteiger partial charge in [-0.1, -0.05) is 42.5 Å². The van der Waals surface area contributed by atoms with Crippen LogP contribution in [0, 0.1) is 0 Å². The molecule has 5 nitrogen and oxygen atoms in total. The van der Waals surface area contributed by atoms with Gasteiger partial charge in [-0.15, -0.1) is 0 Å². The highest BCUT2D eigenvalue weighted by Crippen LogP contribution is 2.17. The molecule has 2 aromatic rings. The van der Waals surface area contributed by atoms with E-state index in [9.17, 15) is 9.90 Å². The van der Waals surface area contributed by atoms with Crippen LogP contribution >= 0.6 is 0 Å². The van der Waals surface area contributed by atoms with E-state index < -0.39 is 6.10 Å². The summed E-state index contributed by atoms with van der Waals surface area (Å²) in [5.41, 5.74) is 1.90. The number of carbonyl (C=O) groups is 1. The predicted molar refractivity (Wildman–Crippen MR) is 98.3 cm³/mol. The van der Waals surface area contributed by atoms with Crippen LogP contribution in [0.2, 0.25) is 0 Å². The van der Waals surface area contributed by atoms with Gasteiger partial charge >= 0.3 is 0 Å². The van der Waals surface area contributed by atoms with Crippen molar-refractivity contribution in [1.82, 2.24) is 10.2 Å². The molecular formula is C20H26N2O3. The zero-order valence-electron chi connectivity index (χ0n) is 15.0. The number of methoxy groups -OCH3 is 1. The Balaban J connectivity index is 1.83. The molecule has 0 aliphatic carbocycles. The maximum atomic E-state index is 12.3. The van der Waals surface area contributed by atoms with Crippen molar-refractivity contribution in [1.29, 1.82) is 0 Å². The summed E-state index contributed by atoms with van der Waals surface area (Å²) < 4.78 is 5.10. The second-order valence-corrected chi connectivity index (χ2v) is 6.11. The number of carbonyl (C=O) groups excluding carboxylic acids is 1. The second-order valence-electron chi connectivity index (χ2n) is 6.11. The number of amides is 1. The molecule has 2 rings (SSSR count). The van der Waals surface area contributed by atoms with Gasteiger partial charge in [0.1, 0.15) is 5.75 Å². The fourth-order valence-corrected chi connectivity index (χ4v) is 2.50. The van der Waals surface area contributed by atoms with Crippen molar-refractivity contribution < 1.29 is 14.6 Å². The Bertz CT molecular complexity index is 658. The molecule has 0 aliphatic heterocycles. The van der Waals surface area contributed by atoms with Gasteiger partial charge in [0.2, 0.25) is 5.91 Å². The molecule has 2 aromatic carbocycles. The molecule has 0 heterocycles. The molecule has 0 fully saturated rings. The Morgan fingerprint density at radius 1 is 1.16 bits per heavy atom. The van der Waals surface area contributed by atoms with Crippen molar-refractivity contribution in [2.75, 3.05) is 20.7 Å². The van der Waals surface area contributed by atoms with Crippen LogP contribution in [-0.4, -0.2) is 42.7 Å². The average Bonchev–Trinajstić information content (AvgIpc) is 2.66. The Hall–Kier alpha value is -2.37. The number of hydrogen-bond donors (Lipinski definition) is 2. The molecule has 2 N–H and O–H groups in total. The zero-order chi connectivity index (χ0) is 18.2. The molecule has 0 aromatic heterocycles. The van der Waals surface area contributed by atoms with E-state index in [-0.39, 0.29) is 18.5 Å². The van der Waals surface area contributed by atoms with Gasteiger partial charge in [-0.05, 0) is 37.2 Å². The van der Waals surface area contributed by atoms with Gasteiger partial charge in [-0.2, -0.15) is 0 Å². The molecule has 1 amide bonds. The fraction of sp³-hybridized carbons (Fsp3) is 0.350. The van der Waals surface area contributed by atoms with Crippen molar-refractivity contribution in [3.05, 3.63) is 65.7 Å². The number of aliphatic hydroxyl groups excluding tert-OH is 1. The third kappa shape index (κ3) is 5.59. The summed E-state index contributed by atoms with van der Waals surface area (Å²) in [6.45, 7) is 2.73. The normalized spacial score (nSPS) is 13.3. The van der Waals surface area contributed by atoms with Crippen LogP contribution in [0.4, 0.5) is 0 Å². The van der Waals surface area contributed by atoms with Gasteiger partial charge in [0, 0.05) is 13.1 Å². The number of rotatable bonds is 8. The molecule has 0 bridgehead atoms. The standard InChI is InChI=1S/C20H26N2O3/c1-15(22(2)14-16-7-5-4-6-8-16)20(24)21-13-19(23)17-9-11-18(25-3)12-10-17/h4-12,15,19,23H,13-14H2,1-3H3,(H,21,24)/t15-,19-/m0/s1. The van der Waals surface area contributed by atoms with Crippen molar-refractivity contribution >= 4 is 5.91 Å². The lowest BCUT2D eigenvalue weighted by Gasteiger charge is -2.24. The van der Waals surface area contributed by atoms with Gasteiger partial charge < -0.3 is 15.2 Å². The summed E-state index contributed by atoms with van der Waals surface area (Å²) in [6, 6.07) is 16.9. The lowest BCUT2D eigenvalue weighted by Crippen LogP contribution is -2.44. The lowest BCUT2D eigenvalue weighted by molar-refractivity contribution is -0.126. The Kier molecular flexibility index (Phi) is 6.98. The molecule has 0 saturated carbocycles. The van der Waals surface area contributed by atoms with Crippen LogP contribution in [0.5, 0.6) is 5.75 Å². The van der Waals surface area contributed by atoms with Crippen molar-refractivity contribution in [2.45, 2.75) is 25.6 Å². The minimum Gasteiger partial charge on any atom is -0.497 e. The Morgan fingerprint density at radius 2 is 1.80 bits per heavy atom. The first-order valence-electron chi connectivity index (χ1n) is 8.35. The molecule has 134 valence electrons. The third-order valence-electron chi connectivity index (χ3n) is 4.29. The van der Waals surface area contributed by atoms with E-state index in [0.29, 0.717) is 6.54 Å². The molecular weight excluding hydrogens is 316 g/mol. The van der Waals surface area contributed by atoms with Gasteiger partial charge in [0.05, 0.1) is 19.3 Å². The molecule has 0 spiro atoms. The van der Waals surface area contributed by atoms with E-state index in [0.717, 1.165) is 16.9 Å². The summed E-state index contributed by atoms with van der Waals surface area (Å²) in [6.07, 6.45) is -0.749. The highest BCUT2D eigenvalue weighted by Gasteiger charge is 2.19. The first kappa shape index (κ1) is 19.0. The largest absolute Gasteiger partial charge is 0.497 e. The van der Waals surface area contributed by atoms with E-state index >= 15 is 0 Å². The maximum absolute atomic E-state index is 12.3. The van der Waals surface area contributed by atoms with Crippen LogP contribution in [-0.2, 0) is 11.3 Å². The molecule has 2 atom stereocenters. The van der Waals surface area contributed by atoms with Crippen LogP contribution in [0.1, 0.15) is 24.2 Å². The topological polar surface area (TPSA) is 61.8 Å². The molecule has 5 heteroatoms. The summed E-state index contributed by atoms with van der Waals surface area (Å²) in [7, 11) is 3.51. The summed E-state index contributed by atoms with van der Waals surface area (Å²) in [5, 5.41) is 13.0. The summed E-state index contributed by atoms with van der Waals surface area (Å²) in [4.78, 5) is 14.3. The van der Waals surface area contributed by atoms with Gasteiger partial charge in [0.25, 0.3) is 0 Å². The molecule has 0 unspecified atom stereocenters. The fourth-order valence-electron chi connectivity index (χ4n) is 2.50. The first-order chi connectivity index (χ1) is 12.0. The van der Waals surface area contributed by atoms with E-state index in [1.54, 1.807) is 31.4 Å². The number of likely N-dealkylation sites (N-methyl/N-ethyl adjacent to an activating group) is 1. The number of ether oxygens (including phenoxy) is 1. The number of nitrogens with zero attached hydrogens (tertiary/aromatic N) is 1.